The van der Waals surface area contributed by atoms with Crippen molar-refractivity contribution in [2.45, 2.75) is 62.1 Å². The molecule has 196 valence electrons. The lowest BCUT2D eigenvalue weighted by atomic mass is 9.72. The summed E-state index contributed by atoms with van der Waals surface area (Å²) < 4.78 is 17.7. The van der Waals surface area contributed by atoms with Gasteiger partial charge in [0.2, 0.25) is 0 Å². The van der Waals surface area contributed by atoms with Crippen LogP contribution in [0.5, 0.6) is 11.5 Å². The van der Waals surface area contributed by atoms with Gasteiger partial charge in [0, 0.05) is 37.3 Å². The van der Waals surface area contributed by atoms with Crippen LogP contribution in [0.4, 0.5) is 4.79 Å². The van der Waals surface area contributed by atoms with E-state index >= 15 is 0 Å². The van der Waals surface area contributed by atoms with Crippen molar-refractivity contribution in [1.29, 1.82) is 0 Å². The van der Waals surface area contributed by atoms with Crippen molar-refractivity contribution < 1.29 is 24.1 Å². The predicted molar refractivity (Wildman–Crippen MR) is 144 cm³/mol. The Morgan fingerprint density at radius 3 is 2.18 bits per heavy atom. The molecule has 3 aromatic rings. The molecule has 1 aliphatic carbocycles. The first-order valence-corrected chi connectivity index (χ1v) is 13.9. The van der Waals surface area contributed by atoms with Crippen LogP contribution in [0.25, 0.3) is 11.1 Å². The molecular weight excluding hydrogens is 478 g/mol. The summed E-state index contributed by atoms with van der Waals surface area (Å²) in [7, 11) is 0. The van der Waals surface area contributed by atoms with Crippen LogP contribution in [0.2, 0.25) is 0 Å². The molecule has 1 N–H and O–H groups in total. The average Bonchev–Trinajstić information content (AvgIpc) is 3.06. The van der Waals surface area contributed by atoms with Crippen molar-refractivity contribution in [3.05, 3.63) is 83.4 Å². The van der Waals surface area contributed by atoms with Crippen LogP contribution in [0.1, 0.15) is 61.1 Å². The number of carbonyl (C=O) groups is 1. The van der Waals surface area contributed by atoms with Gasteiger partial charge in [0.15, 0.2) is 11.5 Å². The summed E-state index contributed by atoms with van der Waals surface area (Å²) in [6.07, 6.45) is 4.36. The molecule has 38 heavy (non-hydrogen) atoms. The monoisotopic (exact) mass is 511 g/mol. The Bertz CT molecular complexity index is 1310. The maximum Gasteiger partial charge on any atom is 0.410 e. The van der Waals surface area contributed by atoms with Gasteiger partial charge in [-0.25, -0.2) is 4.79 Å². The molecule has 6 nitrogen and oxygen atoms in total. The van der Waals surface area contributed by atoms with E-state index in [1.54, 1.807) is 0 Å². The third kappa shape index (κ3) is 3.93. The maximum atomic E-state index is 13.6. The van der Waals surface area contributed by atoms with Gasteiger partial charge in [0.25, 0.3) is 0 Å². The molecule has 7 rings (SSSR count). The lowest BCUT2D eigenvalue weighted by molar-refractivity contribution is -0.0891. The molecular formula is C32H33NO5. The van der Waals surface area contributed by atoms with E-state index in [0.717, 1.165) is 37.0 Å². The van der Waals surface area contributed by atoms with Crippen LogP contribution in [-0.4, -0.2) is 48.0 Å². The van der Waals surface area contributed by atoms with Gasteiger partial charge < -0.3 is 24.2 Å². The first kappa shape index (κ1) is 23.6. The van der Waals surface area contributed by atoms with Crippen molar-refractivity contribution >= 4 is 6.09 Å². The van der Waals surface area contributed by atoms with E-state index in [4.69, 9.17) is 14.2 Å². The van der Waals surface area contributed by atoms with Crippen molar-refractivity contribution in [3.63, 3.8) is 0 Å². The quantitative estimate of drug-likeness (QED) is 0.467. The molecule has 3 aromatic carbocycles. The number of fused-ring (bicyclic) bond motifs is 6. The van der Waals surface area contributed by atoms with Gasteiger partial charge >= 0.3 is 6.09 Å². The van der Waals surface area contributed by atoms with Crippen LogP contribution in [0, 0.1) is 0 Å². The van der Waals surface area contributed by atoms with E-state index in [-0.39, 0.29) is 24.1 Å². The molecule has 0 saturated carbocycles. The zero-order valence-corrected chi connectivity index (χ0v) is 21.5. The third-order valence-electron chi connectivity index (χ3n) is 8.84. The number of benzene rings is 3. The molecule has 0 radical (unpaired) electrons. The Morgan fingerprint density at radius 2 is 1.50 bits per heavy atom. The summed E-state index contributed by atoms with van der Waals surface area (Å²) in [5, 5.41) is 11.9. The summed E-state index contributed by atoms with van der Waals surface area (Å²) in [5.74, 6) is 1.46. The molecule has 1 amide bonds. The standard InChI is InChI=1S/C32H33NO5/c34-31(38-20-28-26-11-3-1-9-24(26)25-10-2-4-12-27(25)28)33-22-7-5-8-23(33)19-32(35,18-22)21-13-14-29-30(17-21)37-16-6-15-36-29/h1-4,9-14,17,22-23,28,35H,5-8,15-16,18-20H2. The number of nitrogens with zero attached hydrogens (tertiary/aromatic N) is 1. The van der Waals surface area contributed by atoms with Crippen molar-refractivity contribution in [2.75, 3.05) is 19.8 Å². The van der Waals surface area contributed by atoms with Gasteiger partial charge in [-0.3, -0.25) is 0 Å². The SMILES string of the molecule is O=C(OCC1c2ccccc2-c2ccccc21)N1C2CCCC1CC(O)(c1ccc3c(c1)OCCCO3)C2. The molecule has 6 heteroatoms. The number of carbonyl (C=O) groups excluding carboxylic acids is 1. The van der Waals surface area contributed by atoms with Crippen LogP contribution in [0.15, 0.2) is 66.7 Å². The van der Waals surface area contributed by atoms with Crippen molar-refractivity contribution in [3.8, 4) is 22.6 Å². The summed E-state index contributed by atoms with van der Waals surface area (Å²) in [4.78, 5) is 15.5. The number of ether oxygens (including phenoxy) is 3. The Morgan fingerprint density at radius 1 is 0.868 bits per heavy atom. The summed E-state index contributed by atoms with van der Waals surface area (Å²) in [5.41, 5.74) is 4.69. The fourth-order valence-corrected chi connectivity index (χ4v) is 7.08. The molecule has 2 saturated heterocycles. The predicted octanol–water partition coefficient (Wildman–Crippen LogP) is 6.00. The average molecular weight is 512 g/mol. The highest BCUT2D eigenvalue weighted by Gasteiger charge is 2.49. The minimum Gasteiger partial charge on any atom is -0.490 e. The molecule has 0 aromatic heterocycles. The number of piperidine rings is 2. The van der Waals surface area contributed by atoms with Gasteiger partial charge in [0.1, 0.15) is 6.61 Å². The fourth-order valence-electron chi connectivity index (χ4n) is 7.08. The van der Waals surface area contributed by atoms with Crippen molar-refractivity contribution in [1.82, 2.24) is 4.90 Å². The second kappa shape index (κ2) is 9.35. The van der Waals surface area contributed by atoms with Crippen LogP contribution in [-0.2, 0) is 10.3 Å². The second-order valence-corrected chi connectivity index (χ2v) is 11.1. The van der Waals surface area contributed by atoms with Crippen LogP contribution in [0.3, 0.4) is 0 Å². The Balaban J connectivity index is 1.09. The minimum atomic E-state index is -1.01. The van der Waals surface area contributed by atoms with Crippen LogP contribution < -0.4 is 9.47 Å². The smallest absolute Gasteiger partial charge is 0.410 e. The highest BCUT2D eigenvalue weighted by atomic mass is 16.6. The lowest BCUT2D eigenvalue weighted by Crippen LogP contribution is -2.59. The lowest BCUT2D eigenvalue weighted by Gasteiger charge is -2.51. The van der Waals surface area contributed by atoms with E-state index in [2.05, 4.69) is 48.5 Å². The first-order valence-electron chi connectivity index (χ1n) is 13.9. The Labute approximate surface area is 223 Å². The molecule has 4 aliphatic rings. The molecule has 3 heterocycles. The maximum absolute atomic E-state index is 13.6. The number of aliphatic hydroxyl groups is 1. The molecule has 2 bridgehead atoms. The minimum absolute atomic E-state index is 0.0368. The highest BCUT2D eigenvalue weighted by molar-refractivity contribution is 5.79. The fraction of sp³-hybridized carbons (Fsp3) is 0.406. The van der Waals surface area contributed by atoms with Gasteiger partial charge in [-0.05, 0) is 59.2 Å². The number of hydrogen-bond acceptors (Lipinski definition) is 5. The first-order chi connectivity index (χ1) is 18.6. The molecule has 2 atom stereocenters. The second-order valence-electron chi connectivity index (χ2n) is 11.1. The van der Waals surface area contributed by atoms with Gasteiger partial charge in [-0.1, -0.05) is 54.6 Å². The summed E-state index contributed by atoms with van der Waals surface area (Å²) in [6, 6.07) is 22.5. The molecule has 2 unspecified atom stereocenters. The van der Waals surface area contributed by atoms with E-state index in [1.165, 1.54) is 22.3 Å². The van der Waals surface area contributed by atoms with Gasteiger partial charge in [0.05, 0.1) is 18.8 Å². The Hall–Kier alpha value is -3.51. The number of amides is 1. The highest BCUT2D eigenvalue weighted by Crippen LogP contribution is 2.47. The molecule has 3 aliphatic heterocycles. The number of hydrogen-bond donors (Lipinski definition) is 1. The van der Waals surface area contributed by atoms with E-state index in [9.17, 15) is 9.90 Å². The Kier molecular flexibility index (Phi) is 5.81. The summed E-state index contributed by atoms with van der Waals surface area (Å²) >= 11 is 0. The van der Waals surface area contributed by atoms with Gasteiger partial charge in [-0.15, -0.1) is 0 Å². The normalized spacial score (nSPS) is 25.8. The third-order valence-corrected chi connectivity index (χ3v) is 8.84. The molecule has 0 spiro atoms. The zero-order chi connectivity index (χ0) is 25.7. The van der Waals surface area contributed by atoms with E-state index in [1.807, 2.05) is 23.1 Å². The van der Waals surface area contributed by atoms with Crippen LogP contribution >= 0.6 is 0 Å². The van der Waals surface area contributed by atoms with Gasteiger partial charge in [-0.2, -0.15) is 0 Å². The van der Waals surface area contributed by atoms with E-state index in [0.29, 0.717) is 38.4 Å². The number of rotatable bonds is 3. The zero-order valence-electron chi connectivity index (χ0n) is 21.5. The van der Waals surface area contributed by atoms with E-state index < -0.39 is 5.60 Å². The largest absolute Gasteiger partial charge is 0.490 e. The topological polar surface area (TPSA) is 68.2 Å². The van der Waals surface area contributed by atoms with Crippen molar-refractivity contribution in [2.24, 2.45) is 0 Å². The molecule has 2 fully saturated rings. The summed E-state index contributed by atoms with van der Waals surface area (Å²) in [6.45, 7) is 1.56.